The zero-order chi connectivity index (χ0) is 11.8. The Morgan fingerprint density at radius 3 is 2.06 bits per heavy atom. The van der Waals surface area contributed by atoms with Crippen molar-refractivity contribution in [2.75, 3.05) is 0 Å². The van der Waals surface area contributed by atoms with Crippen molar-refractivity contribution in [2.45, 2.75) is 59.8 Å². The molecule has 0 aromatic carbocycles. The van der Waals surface area contributed by atoms with Crippen LogP contribution >= 0.6 is 0 Å². The minimum atomic E-state index is 0.290. The van der Waals surface area contributed by atoms with Crippen LogP contribution in [0.1, 0.15) is 59.8 Å². The minimum Gasteiger partial charge on any atom is -0.0627 e. The Morgan fingerprint density at radius 1 is 0.938 bits per heavy atom. The van der Waals surface area contributed by atoms with Crippen molar-refractivity contribution in [3.63, 3.8) is 0 Å². The Hall–Kier alpha value is -0.780. The molecule has 0 atom stereocenters. The predicted molar refractivity (Wildman–Crippen MR) is 71.4 cm³/mol. The van der Waals surface area contributed by atoms with Crippen molar-refractivity contribution in [3.8, 4) is 0 Å². The summed E-state index contributed by atoms with van der Waals surface area (Å²) >= 11 is 0. The summed E-state index contributed by atoms with van der Waals surface area (Å²) in [6.45, 7) is 9.18. The smallest absolute Gasteiger partial charge is 0.0132 e. The Morgan fingerprint density at radius 2 is 1.56 bits per heavy atom. The maximum atomic E-state index is 2.44. The van der Waals surface area contributed by atoms with E-state index in [2.05, 4.69) is 39.8 Å². The van der Waals surface area contributed by atoms with Gasteiger partial charge in [0, 0.05) is 0 Å². The summed E-state index contributed by atoms with van der Waals surface area (Å²) in [5.74, 6) is 0. The first-order chi connectivity index (χ1) is 7.48. The quantitative estimate of drug-likeness (QED) is 0.523. The molecule has 0 nitrogen and oxygen atoms in total. The summed E-state index contributed by atoms with van der Waals surface area (Å²) in [4.78, 5) is 0. The molecule has 0 spiro atoms. The van der Waals surface area contributed by atoms with E-state index in [-0.39, 0.29) is 5.41 Å². The zero-order valence-electron chi connectivity index (χ0n) is 11.2. The first kappa shape index (κ1) is 11.7. The van der Waals surface area contributed by atoms with Gasteiger partial charge in [0.05, 0.1) is 0 Å². The van der Waals surface area contributed by atoms with Gasteiger partial charge in [0.1, 0.15) is 0 Å². The SMILES string of the molecule is CC1=CC(C(C)(C)C)=CC1=C1CCCCC1. The average Bonchev–Trinajstić information content (AvgIpc) is 2.61. The fourth-order valence-electron chi connectivity index (χ4n) is 2.68. The standard InChI is InChI=1S/C16H24/c1-12-10-14(16(2,3)4)11-15(12)13-8-6-5-7-9-13/h10-11H,5-9H2,1-4H3. The van der Waals surface area contributed by atoms with Crippen LogP contribution < -0.4 is 0 Å². The molecular weight excluding hydrogens is 192 g/mol. The normalized spacial score (nSPS) is 22.2. The van der Waals surface area contributed by atoms with Gasteiger partial charge in [-0.3, -0.25) is 0 Å². The number of hydrogen-bond acceptors (Lipinski definition) is 0. The van der Waals surface area contributed by atoms with Crippen LogP contribution in [-0.4, -0.2) is 0 Å². The van der Waals surface area contributed by atoms with E-state index < -0.39 is 0 Å². The molecule has 0 aliphatic heterocycles. The van der Waals surface area contributed by atoms with Crippen molar-refractivity contribution in [3.05, 3.63) is 34.4 Å². The number of hydrogen-bond donors (Lipinski definition) is 0. The van der Waals surface area contributed by atoms with Crippen molar-refractivity contribution < 1.29 is 0 Å². The molecule has 0 aromatic rings. The summed E-state index contributed by atoms with van der Waals surface area (Å²) in [5.41, 5.74) is 6.54. The van der Waals surface area contributed by atoms with E-state index in [1.54, 1.807) is 11.1 Å². The molecule has 0 saturated heterocycles. The molecule has 0 heterocycles. The van der Waals surface area contributed by atoms with Crippen LogP contribution in [0.25, 0.3) is 0 Å². The second-order valence-corrected chi connectivity index (χ2v) is 6.25. The molecule has 0 unspecified atom stereocenters. The highest BCUT2D eigenvalue weighted by Gasteiger charge is 2.22. The summed E-state index contributed by atoms with van der Waals surface area (Å²) in [5, 5.41) is 0. The van der Waals surface area contributed by atoms with E-state index in [0.717, 1.165) is 0 Å². The highest BCUT2D eigenvalue weighted by atomic mass is 14.3. The van der Waals surface area contributed by atoms with Gasteiger partial charge in [-0.2, -0.15) is 0 Å². The molecule has 88 valence electrons. The van der Waals surface area contributed by atoms with Crippen molar-refractivity contribution in [2.24, 2.45) is 5.41 Å². The van der Waals surface area contributed by atoms with Crippen LogP contribution in [0.15, 0.2) is 34.4 Å². The van der Waals surface area contributed by atoms with E-state index in [1.165, 1.54) is 43.3 Å². The Bertz CT molecular complexity index is 361. The minimum absolute atomic E-state index is 0.290. The molecule has 0 heteroatoms. The molecule has 0 radical (unpaired) electrons. The van der Waals surface area contributed by atoms with E-state index in [9.17, 15) is 0 Å². The van der Waals surface area contributed by atoms with E-state index in [0.29, 0.717) is 0 Å². The summed E-state index contributed by atoms with van der Waals surface area (Å²) in [6, 6.07) is 0. The van der Waals surface area contributed by atoms with Gasteiger partial charge < -0.3 is 0 Å². The molecule has 0 bridgehead atoms. The van der Waals surface area contributed by atoms with Crippen LogP contribution in [0, 0.1) is 5.41 Å². The van der Waals surface area contributed by atoms with Gasteiger partial charge in [-0.05, 0) is 54.7 Å². The molecule has 0 N–H and O–H groups in total. The summed E-state index contributed by atoms with van der Waals surface area (Å²) < 4.78 is 0. The maximum Gasteiger partial charge on any atom is -0.0132 e. The third-order valence-electron chi connectivity index (χ3n) is 3.80. The van der Waals surface area contributed by atoms with Crippen LogP contribution in [0.2, 0.25) is 0 Å². The fraction of sp³-hybridized carbons (Fsp3) is 0.625. The highest BCUT2D eigenvalue weighted by Crippen LogP contribution is 2.38. The second-order valence-electron chi connectivity index (χ2n) is 6.25. The van der Waals surface area contributed by atoms with Gasteiger partial charge in [-0.1, -0.05) is 44.9 Å². The molecule has 16 heavy (non-hydrogen) atoms. The van der Waals surface area contributed by atoms with Crippen LogP contribution in [0.3, 0.4) is 0 Å². The van der Waals surface area contributed by atoms with Crippen LogP contribution in [-0.2, 0) is 0 Å². The van der Waals surface area contributed by atoms with E-state index in [1.807, 2.05) is 0 Å². The van der Waals surface area contributed by atoms with Crippen LogP contribution in [0.5, 0.6) is 0 Å². The lowest BCUT2D eigenvalue weighted by Crippen LogP contribution is -2.06. The third-order valence-corrected chi connectivity index (χ3v) is 3.80. The largest absolute Gasteiger partial charge is 0.0627 e. The van der Waals surface area contributed by atoms with Crippen LogP contribution in [0.4, 0.5) is 0 Å². The topological polar surface area (TPSA) is 0 Å². The number of rotatable bonds is 0. The van der Waals surface area contributed by atoms with E-state index in [4.69, 9.17) is 0 Å². The van der Waals surface area contributed by atoms with Gasteiger partial charge in [0.25, 0.3) is 0 Å². The Labute approximate surface area is 100 Å². The van der Waals surface area contributed by atoms with Crippen molar-refractivity contribution >= 4 is 0 Å². The molecule has 1 fully saturated rings. The summed E-state index contributed by atoms with van der Waals surface area (Å²) in [7, 11) is 0. The second kappa shape index (κ2) is 4.24. The monoisotopic (exact) mass is 216 g/mol. The molecular formula is C16H24. The fourth-order valence-corrected chi connectivity index (χ4v) is 2.68. The first-order valence-corrected chi connectivity index (χ1v) is 6.61. The summed E-state index contributed by atoms with van der Waals surface area (Å²) in [6.07, 6.45) is 11.7. The molecule has 1 saturated carbocycles. The Kier molecular flexibility index (Phi) is 3.10. The molecule has 2 rings (SSSR count). The third kappa shape index (κ3) is 2.31. The predicted octanol–water partition coefficient (Wildman–Crippen LogP) is 5.18. The maximum absolute atomic E-state index is 2.44. The van der Waals surface area contributed by atoms with Crippen molar-refractivity contribution in [1.29, 1.82) is 0 Å². The molecule has 2 aliphatic carbocycles. The number of allylic oxidation sites excluding steroid dienone is 6. The first-order valence-electron chi connectivity index (χ1n) is 6.61. The van der Waals surface area contributed by atoms with Gasteiger partial charge >= 0.3 is 0 Å². The highest BCUT2D eigenvalue weighted by molar-refractivity contribution is 5.55. The van der Waals surface area contributed by atoms with Gasteiger partial charge in [0.2, 0.25) is 0 Å². The average molecular weight is 216 g/mol. The van der Waals surface area contributed by atoms with Gasteiger partial charge in [-0.25, -0.2) is 0 Å². The lowest BCUT2D eigenvalue weighted by Gasteiger charge is -2.18. The zero-order valence-corrected chi connectivity index (χ0v) is 11.2. The molecule has 0 aromatic heterocycles. The lowest BCUT2D eigenvalue weighted by molar-refractivity contribution is 0.518. The lowest BCUT2D eigenvalue weighted by atomic mass is 9.86. The molecule has 2 aliphatic rings. The van der Waals surface area contributed by atoms with E-state index >= 15 is 0 Å². The van der Waals surface area contributed by atoms with Crippen molar-refractivity contribution in [1.82, 2.24) is 0 Å². The van der Waals surface area contributed by atoms with Gasteiger partial charge in [0.15, 0.2) is 0 Å². The Balaban J connectivity index is 2.31. The molecule has 0 amide bonds. The van der Waals surface area contributed by atoms with Gasteiger partial charge in [-0.15, -0.1) is 0 Å².